The molecule has 9 heteroatoms. The van der Waals surface area contributed by atoms with E-state index in [4.69, 9.17) is 14.5 Å². The maximum Gasteiger partial charge on any atom is 0.410 e. The summed E-state index contributed by atoms with van der Waals surface area (Å²) in [4.78, 5) is 29.2. The number of aromatic amines is 1. The van der Waals surface area contributed by atoms with Crippen LogP contribution in [0.5, 0.6) is 0 Å². The van der Waals surface area contributed by atoms with Crippen LogP contribution >= 0.6 is 11.3 Å². The van der Waals surface area contributed by atoms with Gasteiger partial charge in [0.2, 0.25) is 0 Å². The number of H-pyrrole nitrogens is 1. The van der Waals surface area contributed by atoms with Gasteiger partial charge < -0.3 is 24.3 Å². The lowest BCUT2D eigenvalue weighted by Crippen LogP contribution is -2.51. The largest absolute Gasteiger partial charge is 0.441 e. The van der Waals surface area contributed by atoms with Crippen molar-refractivity contribution >= 4 is 34.2 Å². The Bertz CT molecular complexity index is 1080. The number of piperazine rings is 1. The van der Waals surface area contributed by atoms with Gasteiger partial charge in [0.1, 0.15) is 10.7 Å². The summed E-state index contributed by atoms with van der Waals surface area (Å²) in [5.74, 6) is 0.660. The molecular weight excluding hydrogens is 402 g/mol. The predicted octanol–water partition coefficient (Wildman–Crippen LogP) is 3.22. The fraction of sp³-hybridized carbons (Fsp3) is 0.476. The Kier molecular flexibility index (Phi) is 4.38. The van der Waals surface area contributed by atoms with Gasteiger partial charge in [-0.2, -0.15) is 0 Å². The van der Waals surface area contributed by atoms with Crippen molar-refractivity contribution in [1.82, 2.24) is 19.9 Å². The van der Waals surface area contributed by atoms with Crippen LogP contribution in [0.4, 0.5) is 10.5 Å². The number of thiazole rings is 1. The highest BCUT2D eigenvalue weighted by atomic mass is 32.1. The van der Waals surface area contributed by atoms with Crippen molar-refractivity contribution in [2.24, 2.45) is 0 Å². The Morgan fingerprint density at radius 1 is 1.23 bits per heavy atom. The highest BCUT2D eigenvalue weighted by Crippen LogP contribution is 2.42. The first-order valence-corrected chi connectivity index (χ1v) is 11.3. The summed E-state index contributed by atoms with van der Waals surface area (Å²) in [5, 5.41) is 4.30. The quantitative estimate of drug-likeness (QED) is 0.691. The third-order valence-corrected chi connectivity index (χ3v) is 6.90. The molecule has 8 nitrogen and oxygen atoms in total. The molecule has 0 atom stereocenters. The number of aromatic nitrogens is 3. The van der Waals surface area contributed by atoms with E-state index in [9.17, 15) is 4.79 Å². The summed E-state index contributed by atoms with van der Waals surface area (Å²) in [6.07, 6.45) is 4.04. The molecule has 0 spiro atoms. The molecule has 3 aromatic rings. The van der Waals surface area contributed by atoms with Crippen LogP contribution < -0.4 is 4.90 Å². The number of nitrogens with zero attached hydrogens (tertiary/aromatic N) is 4. The van der Waals surface area contributed by atoms with Crippen molar-refractivity contribution in [3.05, 3.63) is 29.4 Å². The van der Waals surface area contributed by atoms with Gasteiger partial charge in [0, 0.05) is 54.7 Å². The monoisotopic (exact) mass is 425 g/mol. The fourth-order valence-electron chi connectivity index (χ4n) is 4.01. The Labute approximate surface area is 177 Å². The van der Waals surface area contributed by atoms with Crippen molar-refractivity contribution in [3.8, 4) is 10.7 Å². The number of anilines is 1. The Morgan fingerprint density at radius 2 is 2.07 bits per heavy atom. The summed E-state index contributed by atoms with van der Waals surface area (Å²) in [7, 11) is 0. The number of hydrogen-bond donors (Lipinski definition) is 1. The number of nitrogens with one attached hydrogen (secondary N) is 1. The van der Waals surface area contributed by atoms with Gasteiger partial charge in [-0.05, 0) is 25.0 Å². The Hall–Kier alpha value is -2.65. The number of fused-ring (bicyclic) bond motifs is 1. The molecule has 3 aromatic heterocycles. The summed E-state index contributed by atoms with van der Waals surface area (Å²) < 4.78 is 10.5. The fourth-order valence-corrected chi connectivity index (χ4v) is 4.88. The van der Waals surface area contributed by atoms with Gasteiger partial charge in [0.05, 0.1) is 24.6 Å². The summed E-state index contributed by atoms with van der Waals surface area (Å²) >= 11 is 1.69. The van der Waals surface area contributed by atoms with Crippen LogP contribution in [0.1, 0.15) is 24.5 Å². The van der Waals surface area contributed by atoms with Gasteiger partial charge in [-0.25, -0.2) is 14.8 Å². The molecule has 2 aliphatic heterocycles. The molecule has 2 saturated heterocycles. The van der Waals surface area contributed by atoms with Crippen LogP contribution in [-0.4, -0.2) is 71.4 Å². The minimum atomic E-state index is -0.234. The number of rotatable bonds is 4. The van der Waals surface area contributed by atoms with Gasteiger partial charge in [-0.15, -0.1) is 11.3 Å². The van der Waals surface area contributed by atoms with Gasteiger partial charge in [0.25, 0.3) is 0 Å². The number of carbonyl (C=O) groups is 1. The average molecular weight is 426 g/mol. The molecule has 6 rings (SSSR count). The van der Waals surface area contributed by atoms with Crippen molar-refractivity contribution in [1.29, 1.82) is 0 Å². The second-order valence-electron chi connectivity index (χ2n) is 8.14. The summed E-state index contributed by atoms with van der Waals surface area (Å²) in [6, 6.07) is 4.21. The molecule has 156 valence electrons. The van der Waals surface area contributed by atoms with E-state index in [1.807, 2.05) is 6.20 Å². The van der Waals surface area contributed by atoms with Crippen molar-refractivity contribution in [2.45, 2.75) is 24.9 Å². The molecule has 30 heavy (non-hydrogen) atoms. The third kappa shape index (κ3) is 3.31. The first-order chi connectivity index (χ1) is 14.7. The number of ether oxygens (including phenoxy) is 2. The van der Waals surface area contributed by atoms with E-state index in [0.29, 0.717) is 32.2 Å². The number of amides is 1. The van der Waals surface area contributed by atoms with Crippen LogP contribution in [0.3, 0.4) is 0 Å². The second kappa shape index (κ2) is 7.24. The van der Waals surface area contributed by atoms with Gasteiger partial charge in [0.15, 0.2) is 6.10 Å². The Morgan fingerprint density at radius 3 is 2.80 bits per heavy atom. The van der Waals surface area contributed by atoms with E-state index >= 15 is 0 Å². The molecule has 1 aliphatic carbocycles. The first kappa shape index (κ1) is 18.1. The minimum absolute atomic E-state index is 0.0834. The molecule has 0 aromatic carbocycles. The second-order valence-corrected chi connectivity index (χ2v) is 9.00. The smallest absolute Gasteiger partial charge is 0.410 e. The zero-order valence-electron chi connectivity index (χ0n) is 16.5. The van der Waals surface area contributed by atoms with E-state index in [-0.39, 0.29) is 12.2 Å². The molecule has 1 amide bonds. The first-order valence-electron chi connectivity index (χ1n) is 10.5. The van der Waals surface area contributed by atoms with E-state index < -0.39 is 0 Å². The zero-order chi connectivity index (χ0) is 20.1. The highest BCUT2D eigenvalue weighted by molar-refractivity contribution is 7.13. The number of pyridine rings is 1. The van der Waals surface area contributed by atoms with Crippen molar-refractivity contribution in [2.75, 3.05) is 44.3 Å². The maximum atomic E-state index is 12.3. The van der Waals surface area contributed by atoms with Crippen LogP contribution in [-0.2, 0) is 9.47 Å². The summed E-state index contributed by atoms with van der Waals surface area (Å²) in [5.41, 5.74) is 4.25. The molecule has 3 fully saturated rings. The van der Waals surface area contributed by atoms with Gasteiger partial charge >= 0.3 is 6.09 Å². The topological polar surface area (TPSA) is 83.6 Å². The molecule has 0 unspecified atom stereocenters. The maximum absolute atomic E-state index is 12.3. The van der Waals surface area contributed by atoms with Crippen LogP contribution in [0.15, 0.2) is 23.7 Å². The minimum Gasteiger partial charge on any atom is -0.441 e. The molecule has 1 N–H and O–H groups in total. The van der Waals surface area contributed by atoms with Crippen molar-refractivity contribution < 1.29 is 14.3 Å². The average Bonchev–Trinajstić information content (AvgIpc) is 3.30. The molecule has 5 heterocycles. The molecular formula is C21H23N5O3S. The van der Waals surface area contributed by atoms with Crippen molar-refractivity contribution in [3.63, 3.8) is 0 Å². The van der Waals surface area contributed by atoms with E-state index in [1.165, 1.54) is 18.5 Å². The van der Waals surface area contributed by atoms with Crippen LogP contribution in [0, 0.1) is 0 Å². The van der Waals surface area contributed by atoms with Gasteiger partial charge in [-0.1, -0.05) is 0 Å². The SMILES string of the molecule is O=C(OC1COC1)N1CCN(c2ccnc3[nH]c(-c4nc(C5CC5)cs4)cc23)CC1. The van der Waals surface area contributed by atoms with E-state index in [1.54, 1.807) is 16.2 Å². The Balaban J connectivity index is 1.19. The molecule has 0 bridgehead atoms. The van der Waals surface area contributed by atoms with Crippen LogP contribution in [0.25, 0.3) is 21.7 Å². The molecule has 0 radical (unpaired) electrons. The standard InChI is InChI=1S/C21H23N5O3S/c27-21(29-14-10-28-11-14)26-7-5-25(6-8-26)18-3-4-22-19-15(18)9-16(23-19)20-24-17(12-30-20)13-1-2-13/h3-4,9,12-14H,1-2,5-8,10-11H2,(H,22,23). The molecule has 1 saturated carbocycles. The molecule has 3 aliphatic rings. The van der Waals surface area contributed by atoms with Gasteiger partial charge in [-0.3, -0.25) is 0 Å². The lowest BCUT2D eigenvalue weighted by atomic mass is 10.2. The zero-order valence-corrected chi connectivity index (χ0v) is 17.4. The summed E-state index contributed by atoms with van der Waals surface area (Å²) in [6.45, 7) is 3.84. The predicted molar refractivity (Wildman–Crippen MR) is 114 cm³/mol. The number of hydrogen-bond acceptors (Lipinski definition) is 7. The van der Waals surface area contributed by atoms with E-state index in [0.717, 1.165) is 40.5 Å². The van der Waals surface area contributed by atoms with Crippen LogP contribution in [0.2, 0.25) is 0 Å². The number of carbonyl (C=O) groups excluding carboxylic acids is 1. The highest BCUT2D eigenvalue weighted by Gasteiger charge is 2.29. The lowest BCUT2D eigenvalue weighted by Gasteiger charge is -2.37. The lowest BCUT2D eigenvalue weighted by molar-refractivity contribution is -0.104. The van der Waals surface area contributed by atoms with E-state index in [2.05, 4.69) is 32.4 Å². The normalized spacial score (nSPS) is 19.9. The third-order valence-electron chi connectivity index (χ3n) is 6.01.